The van der Waals surface area contributed by atoms with E-state index in [1.165, 1.54) is 17.2 Å². The fourth-order valence-electron chi connectivity index (χ4n) is 3.48. The molecule has 0 aliphatic carbocycles. The minimum absolute atomic E-state index is 0.209. The summed E-state index contributed by atoms with van der Waals surface area (Å²) < 4.78 is 13.7. The predicted octanol–water partition coefficient (Wildman–Crippen LogP) is 5.16. The van der Waals surface area contributed by atoms with Gasteiger partial charge < -0.3 is 10.3 Å². The van der Waals surface area contributed by atoms with E-state index in [9.17, 15) is 4.39 Å². The molecule has 1 aromatic heterocycles. The Morgan fingerprint density at radius 3 is 2.88 bits per heavy atom. The topological polar surface area (TPSA) is 27.8 Å². The number of aromatic nitrogens is 1. The van der Waals surface area contributed by atoms with E-state index < -0.39 is 0 Å². The molecule has 2 N–H and O–H groups in total. The van der Waals surface area contributed by atoms with Gasteiger partial charge in [0.1, 0.15) is 5.82 Å². The van der Waals surface area contributed by atoms with E-state index in [1.807, 2.05) is 24.4 Å². The number of H-pyrrole nitrogens is 1. The molecular formula is C22H21FN2. The summed E-state index contributed by atoms with van der Waals surface area (Å²) in [5, 5.41) is 4.60. The summed E-state index contributed by atoms with van der Waals surface area (Å²) in [6.45, 7) is 0.894. The van der Waals surface area contributed by atoms with Gasteiger partial charge in [-0.05, 0) is 47.7 Å². The quantitative estimate of drug-likeness (QED) is 0.679. The summed E-state index contributed by atoms with van der Waals surface area (Å²) in [7, 11) is 0. The van der Waals surface area contributed by atoms with Crippen molar-refractivity contribution in [3.63, 3.8) is 0 Å². The number of halogens is 1. The summed E-state index contributed by atoms with van der Waals surface area (Å²) in [5.41, 5.74) is 4.46. The Hall–Kier alpha value is -2.65. The van der Waals surface area contributed by atoms with Crippen molar-refractivity contribution in [3.8, 4) is 0 Å². The van der Waals surface area contributed by atoms with Gasteiger partial charge in [0.2, 0.25) is 0 Å². The Balaban J connectivity index is 1.45. The molecule has 3 heteroatoms. The Kier molecular flexibility index (Phi) is 4.49. The van der Waals surface area contributed by atoms with Gasteiger partial charge in [-0.2, -0.15) is 0 Å². The molecule has 0 amide bonds. The van der Waals surface area contributed by atoms with Crippen LogP contribution in [0.2, 0.25) is 0 Å². The number of fused-ring (bicyclic) bond motifs is 1. The molecule has 0 saturated heterocycles. The van der Waals surface area contributed by atoms with Crippen molar-refractivity contribution in [1.29, 1.82) is 0 Å². The molecule has 1 unspecified atom stereocenters. The van der Waals surface area contributed by atoms with Gasteiger partial charge in [0.25, 0.3) is 0 Å². The van der Waals surface area contributed by atoms with Crippen LogP contribution in [0, 0.1) is 5.82 Å². The van der Waals surface area contributed by atoms with E-state index in [-0.39, 0.29) is 5.82 Å². The number of hydrogen-bond donors (Lipinski definition) is 2. The number of rotatable bonds is 4. The van der Waals surface area contributed by atoms with Crippen molar-refractivity contribution < 1.29 is 4.39 Å². The molecule has 4 rings (SSSR count). The first-order chi connectivity index (χ1) is 12.3. The molecule has 0 bridgehead atoms. The molecule has 0 fully saturated rings. The van der Waals surface area contributed by atoms with E-state index in [2.05, 4.69) is 46.7 Å². The lowest BCUT2D eigenvalue weighted by molar-refractivity contribution is 0.542. The van der Waals surface area contributed by atoms with Gasteiger partial charge in [0, 0.05) is 29.7 Å². The second-order valence-corrected chi connectivity index (χ2v) is 6.48. The van der Waals surface area contributed by atoms with E-state index in [1.54, 1.807) is 6.07 Å². The first kappa shape index (κ1) is 15.9. The highest BCUT2D eigenvalue weighted by Crippen LogP contribution is 2.25. The standard InChI is InChI=1S/C22H21FN2/c23-19-13-18(21-10-12-25-22(21)15-19)7-4-8-20-14-17(9-11-24-20)16-5-2-1-3-6-16/h1-7,9-10,12-13,15,20,24-25H,8,11,14H2. The van der Waals surface area contributed by atoms with Crippen LogP contribution in [0.25, 0.3) is 22.6 Å². The van der Waals surface area contributed by atoms with Crippen LogP contribution < -0.4 is 5.32 Å². The fourth-order valence-corrected chi connectivity index (χ4v) is 3.48. The van der Waals surface area contributed by atoms with Gasteiger partial charge in [0.15, 0.2) is 0 Å². The smallest absolute Gasteiger partial charge is 0.125 e. The lowest BCUT2D eigenvalue weighted by atomic mass is 9.93. The molecule has 3 aromatic rings. The van der Waals surface area contributed by atoms with Crippen molar-refractivity contribution >= 4 is 22.6 Å². The summed E-state index contributed by atoms with van der Waals surface area (Å²) in [4.78, 5) is 3.07. The Labute approximate surface area is 147 Å². The van der Waals surface area contributed by atoms with Crippen LogP contribution >= 0.6 is 0 Å². The molecule has 2 nitrogen and oxygen atoms in total. The van der Waals surface area contributed by atoms with E-state index in [4.69, 9.17) is 0 Å². The summed E-state index contributed by atoms with van der Waals surface area (Å²) in [6, 6.07) is 16.1. The molecule has 25 heavy (non-hydrogen) atoms. The van der Waals surface area contributed by atoms with Crippen LogP contribution in [0.15, 0.2) is 66.9 Å². The second-order valence-electron chi connectivity index (χ2n) is 6.48. The minimum Gasteiger partial charge on any atom is -0.361 e. The molecule has 0 spiro atoms. The minimum atomic E-state index is -0.209. The molecular weight excluding hydrogens is 311 g/mol. The largest absolute Gasteiger partial charge is 0.361 e. The Morgan fingerprint density at radius 1 is 1.12 bits per heavy atom. The van der Waals surface area contributed by atoms with E-state index >= 15 is 0 Å². The maximum atomic E-state index is 13.7. The van der Waals surface area contributed by atoms with Gasteiger partial charge in [-0.15, -0.1) is 0 Å². The predicted molar refractivity (Wildman–Crippen MR) is 103 cm³/mol. The van der Waals surface area contributed by atoms with Gasteiger partial charge in [-0.25, -0.2) is 4.39 Å². The SMILES string of the molecule is Fc1cc(C=CCC2CC(c3ccccc3)=CCN2)c2cc[nH]c2c1. The zero-order chi connectivity index (χ0) is 17.1. The van der Waals surface area contributed by atoms with E-state index in [0.29, 0.717) is 6.04 Å². The second kappa shape index (κ2) is 7.08. The highest BCUT2D eigenvalue weighted by Gasteiger charge is 2.14. The Morgan fingerprint density at radius 2 is 2.00 bits per heavy atom. The average Bonchev–Trinajstić information content (AvgIpc) is 3.11. The molecule has 1 aliphatic rings. The molecule has 126 valence electrons. The monoisotopic (exact) mass is 332 g/mol. The lowest BCUT2D eigenvalue weighted by Crippen LogP contribution is -2.32. The first-order valence-corrected chi connectivity index (χ1v) is 8.70. The maximum Gasteiger partial charge on any atom is 0.125 e. The number of benzene rings is 2. The zero-order valence-electron chi connectivity index (χ0n) is 14.0. The van der Waals surface area contributed by atoms with Gasteiger partial charge in [-0.1, -0.05) is 48.6 Å². The summed E-state index contributed by atoms with van der Waals surface area (Å²) in [6.07, 6.45) is 10.2. The van der Waals surface area contributed by atoms with Crippen LogP contribution in [-0.4, -0.2) is 17.6 Å². The first-order valence-electron chi connectivity index (χ1n) is 8.70. The highest BCUT2D eigenvalue weighted by molar-refractivity contribution is 5.88. The molecule has 1 aliphatic heterocycles. The Bertz CT molecular complexity index is 922. The number of nitrogens with one attached hydrogen (secondary N) is 2. The van der Waals surface area contributed by atoms with Crippen molar-refractivity contribution in [2.75, 3.05) is 6.54 Å². The van der Waals surface area contributed by atoms with Crippen molar-refractivity contribution in [2.24, 2.45) is 0 Å². The number of hydrogen-bond acceptors (Lipinski definition) is 1. The van der Waals surface area contributed by atoms with Crippen molar-refractivity contribution in [3.05, 3.63) is 83.8 Å². The molecule has 2 heterocycles. The third-order valence-electron chi connectivity index (χ3n) is 4.75. The summed E-state index contributed by atoms with van der Waals surface area (Å²) in [5.74, 6) is -0.209. The van der Waals surface area contributed by atoms with Gasteiger partial charge in [0.05, 0.1) is 0 Å². The maximum absolute atomic E-state index is 13.7. The zero-order valence-corrected chi connectivity index (χ0v) is 14.0. The molecule has 2 aromatic carbocycles. The third-order valence-corrected chi connectivity index (χ3v) is 4.75. The normalized spacial score (nSPS) is 18.0. The van der Waals surface area contributed by atoms with Gasteiger partial charge in [-0.3, -0.25) is 0 Å². The van der Waals surface area contributed by atoms with Crippen LogP contribution in [-0.2, 0) is 0 Å². The van der Waals surface area contributed by atoms with Crippen LogP contribution in [0.1, 0.15) is 24.0 Å². The van der Waals surface area contributed by atoms with Crippen LogP contribution in [0.5, 0.6) is 0 Å². The van der Waals surface area contributed by atoms with Crippen molar-refractivity contribution in [2.45, 2.75) is 18.9 Å². The van der Waals surface area contributed by atoms with Crippen LogP contribution in [0.3, 0.4) is 0 Å². The molecule has 0 saturated carbocycles. The van der Waals surface area contributed by atoms with E-state index in [0.717, 1.165) is 35.9 Å². The van der Waals surface area contributed by atoms with Crippen molar-refractivity contribution in [1.82, 2.24) is 10.3 Å². The summed E-state index contributed by atoms with van der Waals surface area (Å²) >= 11 is 0. The third kappa shape index (κ3) is 3.57. The van der Waals surface area contributed by atoms with Crippen LogP contribution in [0.4, 0.5) is 4.39 Å². The fraction of sp³-hybridized carbons (Fsp3) is 0.182. The molecule has 0 radical (unpaired) electrons. The average molecular weight is 332 g/mol. The number of aromatic amines is 1. The highest BCUT2D eigenvalue weighted by atomic mass is 19.1. The lowest BCUT2D eigenvalue weighted by Gasteiger charge is -2.23. The van der Waals surface area contributed by atoms with Gasteiger partial charge >= 0.3 is 0 Å². The molecule has 1 atom stereocenters.